The molecule has 3 aliphatic rings. The van der Waals surface area contributed by atoms with E-state index in [0.717, 1.165) is 25.7 Å². The molecule has 0 aromatic carbocycles. The summed E-state index contributed by atoms with van der Waals surface area (Å²) < 4.78 is 29.1. The Bertz CT molecular complexity index is 795. The summed E-state index contributed by atoms with van der Waals surface area (Å²) in [4.78, 5) is 19.9. The number of amides is 1. The maximum atomic E-state index is 13.5. The van der Waals surface area contributed by atoms with Gasteiger partial charge in [-0.2, -0.15) is 4.31 Å². The van der Waals surface area contributed by atoms with E-state index in [4.69, 9.17) is 0 Å². The molecule has 29 heavy (non-hydrogen) atoms. The number of aromatic nitrogens is 2. The number of hydrogen-bond acceptors (Lipinski definition) is 4. The molecule has 2 aliphatic carbocycles. The minimum Gasteiger partial charge on any atom is -0.337 e. The van der Waals surface area contributed by atoms with E-state index < -0.39 is 10.0 Å². The fraction of sp³-hybridized carbons (Fsp3) is 0.810. The highest BCUT2D eigenvalue weighted by Crippen LogP contribution is 2.34. The predicted molar refractivity (Wildman–Crippen MR) is 111 cm³/mol. The van der Waals surface area contributed by atoms with Crippen molar-refractivity contribution < 1.29 is 13.2 Å². The third-order valence-electron chi connectivity index (χ3n) is 7.18. The maximum absolute atomic E-state index is 13.5. The van der Waals surface area contributed by atoms with Crippen LogP contribution in [-0.2, 0) is 21.9 Å². The zero-order chi connectivity index (χ0) is 20.6. The Morgan fingerprint density at radius 2 is 1.52 bits per heavy atom. The average molecular weight is 423 g/mol. The first-order valence-electron chi connectivity index (χ1n) is 11.2. The van der Waals surface area contributed by atoms with Gasteiger partial charge in [-0.15, -0.1) is 0 Å². The third-order valence-corrected chi connectivity index (χ3v) is 8.95. The third kappa shape index (κ3) is 4.10. The van der Waals surface area contributed by atoms with Crippen LogP contribution in [0.2, 0.25) is 0 Å². The summed E-state index contributed by atoms with van der Waals surface area (Å²) in [5, 5.41) is 0.112. The van der Waals surface area contributed by atoms with Crippen LogP contribution < -0.4 is 0 Å². The van der Waals surface area contributed by atoms with E-state index in [9.17, 15) is 13.2 Å². The van der Waals surface area contributed by atoms with E-state index in [2.05, 4.69) is 9.88 Å². The molecule has 162 valence electrons. The number of piperidine rings is 1. The van der Waals surface area contributed by atoms with Crippen molar-refractivity contribution in [2.75, 3.05) is 13.1 Å². The van der Waals surface area contributed by atoms with Crippen LogP contribution in [-0.4, -0.2) is 58.3 Å². The normalized spacial score (nSPS) is 23.1. The quantitative estimate of drug-likeness (QED) is 0.731. The molecule has 0 unspecified atom stereocenters. The summed E-state index contributed by atoms with van der Waals surface area (Å²) in [6.07, 6.45) is 12.2. The second-order valence-electron chi connectivity index (χ2n) is 9.04. The molecule has 7 nitrogen and oxygen atoms in total. The Hall–Kier alpha value is -1.41. The Kier molecular flexibility index (Phi) is 6.02. The zero-order valence-electron chi connectivity index (χ0n) is 17.7. The lowest BCUT2D eigenvalue weighted by Crippen LogP contribution is -2.50. The molecule has 1 aliphatic heterocycles. The molecule has 2 heterocycles. The van der Waals surface area contributed by atoms with Crippen molar-refractivity contribution in [3.63, 3.8) is 0 Å². The molecule has 1 aromatic rings. The van der Waals surface area contributed by atoms with Gasteiger partial charge in [0.2, 0.25) is 5.91 Å². The summed E-state index contributed by atoms with van der Waals surface area (Å²) in [5.74, 6) is 0.917. The average Bonchev–Trinajstić information content (AvgIpc) is 3.47. The minimum atomic E-state index is -3.59. The summed E-state index contributed by atoms with van der Waals surface area (Å²) in [7, 11) is -1.79. The SMILES string of the molecule is Cc1nc(S(=O)(=O)N2CCC(C(=O)N(C3CCCC3)C3CCCC3)CC2)cn1C. The molecule has 0 spiro atoms. The Morgan fingerprint density at radius 1 is 1.00 bits per heavy atom. The Balaban J connectivity index is 1.43. The molecule has 0 N–H and O–H groups in total. The summed E-state index contributed by atoms with van der Waals surface area (Å²) in [6, 6.07) is 0.813. The van der Waals surface area contributed by atoms with E-state index in [-0.39, 0.29) is 16.9 Å². The van der Waals surface area contributed by atoms with Crippen LogP contribution in [0.3, 0.4) is 0 Å². The van der Waals surface area contributed by atoms with Crippen LogP contribution in [0.4, 0.5) is 0 Å². The lowest BCUT2D eigenvalue weighted by Gasteiger charge is -2.39. The van der Waals surface area contributed by atoms with Crippen molar-refractivity contribution >= 4 is 15.9 Å². The molecular weight excluding hydrogens is 388 g/mol. The summed E-state index contributed by atoms with van der Waals surface area (Å²) in [5.41, 5.74) is 0. The second-order valence-corrected chi connectivity index (χ2v) is 10.9. The molecule has 2 saturated carbocycles. The number of rotatable bonds is 5. The number of carbonyl (C=O) groups excluding carboxylic acids is 1. The molecule has 8 heteroatoms. The van der Waals surface area contributed by atoms with Gasteiger partial charge < -0.3 is 9.47 Å². The number of nitrogens with zero attached hydrogens (tertiary/aromatic N) is 4. The standard InChI is InChI=1S/C21H34N4O3S/c1-16-22-20(15-23(16)2)29(27,28)24-13-11-17(12-14-24)21(26)25(18-7-3-4-8-18)19-9-5-6-10-19/h15,17-19H,3-14H2,1-2H3. The van der Waals surface area contributed by atoms with Crippen LogP contribution >= 0.6 is 0 Å². The number of imidazole rings is 1. The van der Waals surface area contributed by atoms with Gasteiger partial charge >= 0.3 is 0 Å². The zero-order valence-corrected chi connectivity index (χ0v) is 18.5. The Morgan fingerprint density at radius 3 is 1.97 bits per heavy atom. The molecule has 0 atom stereocenters. The predicted octanol–water partition coefficient (Wildman–Crippen LogP) is 2.84. The number of aryl methyl sites for hydroxylation is 2. The topological polar surface area (TPSA) is 75.5 Å². The molecule has 0 bridgehead atoms. The molecule has 1 aromatic heterocycles. The molecular formula is C21H34N4O3S. The fourth-order valence-electron chi connectivity index (χ4n) is 5.36. The first-order valence-corrected chi connectivity index (χ1v) is 12.6. The fourth-order valence-corrected chi connectivity index (χ4v) is 6.85. The number of sulfonamides is 1. The minimum absolute atomic E-state index is 0.0480. The lowest BCUT2D eigenvalue weighted by atomic mass is 9.94. The van der Waals surface area contributed by atoms with Crippen molar-refractivity contribution in [3.05, 3.63) is 12.0 Å². The second kappa shape index (κ2) is 8.38. The van der Waals surface area contributed by atoms with Gasteiger partial charge in [-0.1, -0.05) is 25.7 Å². The first-order chi connectivity index (χ1) is 13.9. The molecule has 3 fully saturated rings. The first kappa shape index (κ1) is 20.8. The highest BCUT2D eigenvalue weighted by molar-refractivity contribution is 7.89. The number of carbonyl (C=O) groups is 1. The molecule has 4 rings (SSSR count). The van der Waals surface area contributed by atoms with Crippen molar-refractivity contribution in [2.24, 2.45) is 13.0 Å². The van der Waals surface area contributed by atoms with E-state index in [1.807, 2.05) is 0 Å². The molecule has 1 saturated heterocycles. The largest absolute Gasteiger partial charge is 0.337 e. The maximum Gasteiger partial charge on any atom is 0.262 e. The highest BCUT2D eigenvalue weighted by atomic mass is 32.2. The van der Waals surface area contributed by atoms with Crippen LogP contribution in [0.1, 0.15) is 70.0 Å². The van der Waals surface area contributed by atoms with Crippen molar-refractivity contribution in [2.45, 2.75) is 88.2 Å². The van der Waals surface area contributed by atoms with Gasteiger partial charge in [0.15, 0.2) is 5.03 Å². The highest BCUT2D eigenvalue weighted by Gasteiger charge is 2.40. The van der Waals surface area contributed by atoms with Crippen LogP contribution in [0.15, 0.2) is 11.2 Å². The van der Waals surface area contributed by atoms with Crippen LogP contribution in [0.5, 0.6) is 0 Å². The van der Waals surface area contributed by atoms with Crippen molar-refractivity contribution in [1.29, 1.82) is 0 Å². The molecule has 0 radical (unpaired) electrons. The Labute approximate surface area is 174 Å². The smallest absolute Gasteiger partial charge is 0.262 e. The van der Waals surface area contributed by atoms with Gasteiger partial charge in [0.25, 0.3) is 10.0 Å². The van der Waals surface area contributed by atoms with Crippen LogP contribution in [0, 0.1) is 12.8 Å². The lowest BCUT2D eigenvalue weighted by molar-refractivity contribution is -0.141. The van der Waals surface area contributed by atoms with E-state index in [1.54, 1.807) is 24.7 Å². The molecule has 1 amide bonds. The number of hydrogen-bond donors (Lipinski definition) is 0. The summed E-state index contributed by atoms with van der Waals surface area (Å²) >= 11 is 0. The summed E-state index contributed by atoms with van der Waals surface area (Å²) in [6.45, 7) is 2.60. The van der Waals surface area contributed by atoms with Crippen molar-refractivity contribution in [3.8, 4) is 0 Å². The van der Waals surface area contributed by atoms with E-state index in [0.29, 0.717) is 43.8 Å². The van der Waals surface area contributed by atoms with Gasteiger partial charge in [-0.25, -0.2) is 13.4 Å². The van der Waals surface area contributed by atoms with Crippen molar-refractivity contribution in [1.82, 2.24) is 18.8 Å². The monoisotopic (exact) mass is 422 g/mol. The van der Waals surface area contributed by atoms with Gasteiger partial charge in [-0.05, 0) is 45.4 Å². The van der Waals surface area contributed by atoms with Crippen LogP contribution in [0.25, 0.3) is 0 Å². The van der Waals surface area contributed by atoms with Gasteiger partial charge in [0, 0.05) is 44.3 Å². The van der Waals surface area contributed by atoms with E-state index in [1.165, 1.54) is 30.0 Å². The van der Waals surface area contributed by atoms with Gasteiger partial charge in [0.1, 0.15) is 5.82 Å². The van der Waals surface area contributed by atoms with Gasteiger partial charge in [0.05, 0.1) is 0 Å². The van der Waals surface area contributed by atoms with Gasteiger partial charge in [-0.3, -0.25) is 4.79 Å². The van der Waals surface area contributed by atoms with E-state index >= 15 is 0 Å².